The Kier molecular flexibility index (Phi) is 5.34. The first-order chi connectivity index (χ1) is 26.8. The number of nitrogens with zero attached hydrogens (tertiary/aromatic N) is 4. The number of fused-ring (bicyclic) bond motifs is 16. The fourth-order valence-electron chi connectivity index (χ4n) is 9.50. The van der Waals surface area contributed by atoms with Gasteiger partial charge in [0, 0.05) is 48.7 Å². The van der Waals surface area contributed by atoms with Crippen LogP contribution in [-0.4, -0.2) is 18.9 Å². The molecule has 13 aromatic rings. The van der Waals surface area contributed by atoms with E-state index in [9.17, 15) is 0 Å². The number of hydrogen-bond acceptors (Lipinski definition) is 2. The van der Waals surface area contributed by atoms with Gasteiger partial charge in [0.05, 0.1) is 38.8 Å². The molecule has 4 heteroatoms. The van der Waals surface area contributed by atoms with Gasteiger partial charge in [-0.25, -0.2) is 9.97 Å². The first-order valence-corrected chi connectivity index (χ1v) is 18.5. The second kappa shape index (κ2) is 10.2. The van der Waals surface area contributed by atoms with Crippen molar-refractivity contribution in [2.45, 2.75) is 0 Å². The monoisotopic (exact) mass is 684 g/mol. The SMILES string of the molecule is c1ccc2cc(-c3nc(-n4c5ccccc5c5c6c7c8ccccc8ccc7n7c8ccccc8c(cc54)c67)nc4c3ccc3ccccc34)ccc2c1. The van der Waals surface area contributed by atoms with Crippen molar-refractivity contribution in [1.82, 2.24) is 18.9 Å². The summed E-state index contributed by atoms with van der Waals surface area (Å²) < 4.78 is 4.81. The molecule has 4 nitrogen and oxygen atoms in total. The Morgan fingerprint density at radius 1 is 0.352 bits per heavy atom. The van der Waals surface area contributed by atoms with Crippen molar-refractivity contribution in [2.24, 2.45) is 0 Å². The summed E-state index contributed by atoms with van der Waals surface area (Å²) in [4.78, 5) is 11.1. The van der Waals surface area contributed by atoms with E-state index >= 15 is 0 Å². The van der Waals surface area contributed by atoms with Gasteiger partial charge in [0.2, 0.25) is 5.95 Å². The van der Waals surface area contributed by atoms with Gasteiger partial charge < -0.3 is 4.40 Å². The zero-order valence-corrected chi connectivity index (χ0v) is 29.0. The molecule has 0 atom stereocenters. The molecule has 13 rings (SSSR count). The molecule has 4 heterocycles. The minimum Gasteiger partial charge on any atom is -0.308 e. The van der Waals surface area contributed by atoms with Gasteiger partial charge in [-0.1, -0.05) is 133 Å². The van der Waals surface area contributed by atoms with E-state index in [4.69, 9.17) is 9.97 Å². The minimum atomic E-state index is 0.666. The quantitative estimate of drug-likeness (QED) is 0.170. The van der Waals surface area contributed by atoms with Crippen LogP contribution in [-0.2, 0) is 0 Å². The summed E-state index contributed by atoms with van der Waals surface area (Å²) in [6.07, 6.45) is 0. The van der Waals surface area contributed by atoms with Crippen LogP contribution in [0.15, 0.2) is 170 Å². The first kappa shape index (κ1) is 28.3. The average Bonchev–Trinajstić information content (AvgIpc) is 3.88. The predicted octanol–water partition coefficient (Wildman–Crippen LogP) is 13.0. The smallest absolute Gasteiger partial charge is 0.235 e. The number of aromatic nitrogens is 4. The standard InChI is InChI=1S/C50H28N4/c1-2-14-32-27-33(22-21-29(32)11-1)47-38-25-23-31-13-4-6-16-35(31)48(38)52-50(51-47)54-41-20-10-8-18-37(41)45-43(54)28-39-36-17-7-9-19-40(36)53-42-26-24-30-12-3-5-15-34(30)44(42)46(45)49(39)53/h1-28H. The number of para-hydroxylation sites is 2. The van der Waals surface area contributed by atoms with Crippen LogP contribution in [0, 0.1) is 0 Å². The Labute approximate surface area is 308 Å². The summed E-state index contributed by atoms with van der Waals surface area (Å²) in [7, 11) is 0. The van der Waals surface area contributed by atoms with Gasteiger partial charge >= 0.3 is 0 Å². The topological polar surface area (TPSA) is 35.1 Å². The summed E-state index contributed by atoms with van der Waals surface area (Å²) in [5, 5.41) is 15.7. The third kappa shape index (κ3) is 3.57. The number of hydrogen-bond donors (Lipinski definition) is 0. The van der Waals surface area contributed by atoms with Gasteiger partial charge in [-0.3, -0.25) is 4.57 Å². The van der Waals surface area contributed by atoms with E-state index in [0.29, 0.717) is 5.95 Å². The maximum absolute atomic E-state index is 5.57. The molecule has 0 aliphatic carbocycles. The summed E-state index contributed by atoms with van der Waals surface area (Å²) in [6.45, 7) is 0. The molecule has 54 heavy (non-hydrogen) atoms. The Bertz CT molecular complexity index is 3740. The van der Waals surface area contributed by atoms with Crippen molar-refractivity contribution in [2.75, 3.05) is 0 Å². The van der Waals surface area contributed by atoms with Crippen LogP contribution in [0.5, 0.6) is 0 Å². The molecule has 0 fully saturated rings. The fraction of sp³-hybridized carbons (Fsp3) is 0. The number of rotatable bonds is 2. The maximum Gasteiger partial charge on any atom is 0.235 e. The van der Waals surface area contributed by atoms with Crippen LogP contribution in [0.3, 0.4) is 0 Å². The van der Waals surface area contributed by atoms with E-state index in [1.807, 2.05) is 0 Å². The lowest BCUT2D eigenvalue weighted by molar-refractivity contribution is 1.02. The minimum absolute atomic E-state index is 0.666. The predicted molar refractivity (Wildman–Crippen MR) is 226 cm³/mol. The van der Waals surface area contributed by atoms with Crippen LogP contribution in [0.25, 0.3) is 120 Å². The zero-order chi connectivity index (χ0) is 35.1. The second-order valence-electron chi connectivity index (χ2n) is 14.5. The van der Waals surface area contributed by atoms with Crippen molar-refractivity contribution in [3.8, 4) is 17.2 Å². The lowest BCUT2D eigenvalue weighted by Crippen LogP contribution is -2.04. The van der Waals surface area contributed by atoms with Crippen molar-refractivity contribution in [1.29, 1.82) is 0 Å². The average molecular weight is 685 g/mol. The largest absolute Gasteiger partial charge is 0.308 e. The van der Waals surface area contributed by atoms with Gasteiger partial charge in [0.15, 0.2) is 0 Å². The third-order valence-corrected chi connectivity index (χ3v) is 11.8. The highest BCUT2D eigenvalue weighted by molar-refractivity contribution is 6.38. The molecule has 0 amide bonds. The summed E-state index contributed by atoms with van der Waals surface area (Å²) in [5.74, 6) is 0.666. The van der Waals surface area contributed by atoms with Crippen LogP contribution in [0.4, 0.5) is 0 Å². The molecule has 0 saturated heterocycles. The van der Waals surface area contributed by atoms with E-state index in [1.165, 1.54) is 70.4 Å². The van der Waals surface area contributed by atoms with Crippen LogP contribution < -0.4 is 0 Å². The summed E-state index contributed by atoms with van der Waals surface area (Å²) in [5.41, 5.74) is 8.85. The normalized spacial score (nSPS) is 12.4. The molecule has 0 aliphatic rings. The highest BCUT2D eigenvalue weighted by Crippen LogP contribution is 2.48. The van der Waals surface area contributed by atoms with Gasteiger partial charge in [-0.2, -0.15) is 0 Å². The highest BCUT2D eigenvalue weighted by atomic mass is 15.2. The van der Waals surface area contributed by atoms with Crippen LogP contribution in [0.2, 0.25) is 0 Å². The Morgan fingerprint density at radius 2 is 0.981 bits per heavy atom. The van der Waals surface area contributed by atoms with Gasteiger partial charge in [0.25, 0.3) is 0 Å². The van der Waals surface area contributed by atoms with E-state index < -0.39 is 0 Å². The van der Waals surface area contributed by atoms with E-state index in [2.05, 4.69) is 179 Å². The molecule has 0 saturated carbocycles. The highest BCUT2D eigenvalue weighted by Gasteiger charge is 2.26. The molecule has 0 aliphatic heterocycles. The maximum atomic E-state index is 5.57. The summed E-state index contributed by atoms with van der Waals surface area (Å²) >= 11 is 0. The zero-order valence-electron chi connectivity index (χ0n) is 29.0. The van der Waals surface area contributed by atoms with Gasteiger partial charge in [-0.05, 0) is 63.3 Å². The van der Waals surface area contributed by atoms with Crippen molar-refractivity contribution < 1.29 is 0 Å². The molecule has 0 radical (unpaired) electrons. The molecule has 0 spiro atoms. The molecular formula is C50H28N4. The molecule has 0 unspecified atom stereocenters. The number of benzene rings is 9. The summed E-state index contributed by atoms with van der Waals surface area (Å²) in [6, 6.07) is 61.6. The molecular weight excluding hydrogens is 657 g/mol. The lowest BCUT2D eigenvalue weighted by Gasteiger charge is -2.14. The molecule has 9 aromatic carbocycles. The van der Waals surface area contributed by atoms with Crippen LogP contribution in [0.1, 0.15) is 0 Å². The molecule has 248 valence electrons. The lowest BCUT2D eigenvalue weighted by atomic mass is 9.98. The van der Waals surface area contributed by atoms with Gasteiger partial charge in [0.1, 0.15) is 0 Å². The Morgan fingerprint density at radius 3 is 1.83 bits per heavy atom. The Hall–Kier alpha value is -7.30. The van der Waals surface area contributed by atoms with Crippen molar-refractivity contribution in [3.63, 3.8) is 0 Å². The fourth-order valence-corrected chi connectivity index (χ4v) is 9.50. The third-order valence-electron chi connectivity index (χ3n) is 11.8. The first-order valence-electron chi connectivity index (χ1n) is 18.5. The van der Waals surface area contributed by atoms with E-state index in [-0.39, 0.29) is 0 Å². The molecule has 0 bridgehead atoms. The van der Waals surface area contributed by atoms with Gasteiger partial charge in [-0.15, -0.1) is 0 Å². The molecule has 4 aromatic heterocycles. The van der Waals surface area contributed by atoms with Crippen molar-refractivity contribution in [3.05, 3.63) is 170 Å². The van der Waals surface area contributed by atoms with Crippen molar-refractivity contribution >= 4 is 103 Å². The Balaban J connectivity index is 1.25. The van der Waals surface area contributed by atoms with E-state index in [0.717, 1.165) is 44.0 Å². The van der Waals surface area contributed by atoms with Crippen LogP contribution >= 0.6 is 0 Å². The molecule has 0 N–H and O–H groups in total. The van der Waals surface area contributed by atoms with E-state index in [1.54, 1.807) is 0 Å². The second-order valence-corrected chi connectivity index (χ2v) is 14.5.